The molecule has 1 aromatic rings. The third-order valence-electron chi connectivity index (χ3n) is 4.70. The summed E-state index contributed by atoms with van der Waals surface area (Å²) in [4.78, 5) is 0. The van der Waals surface area contributed by atoms with Crippen molar-refractivity contribution in [1.82, 2.24) is 0 Å². The van der Waals surface area contributed by atoms with Gasteiger partial charge in [0.25, 0.3) is 0 Å². The Kier molecular flexibility index (Phi) is 1.93. The Morgan fingerprint density at radius 2 is 1.60 bits per heavy atom. The van der Waals surface area contributed by atoms with Gasteiger partial charge >= 0.3 is 0 Å². The summed E-state index contributed by atoms with van der Waals surface area (Å²) >= 11 is 0. The Morgan fingerprint density at radius 1 is 0.800 bits per heavy atom. The summed E-state index contributed by atoms with van der Waals surface area (Å²) in [6.45, 7) is 0. The highest BCUT2D eigenvalue weighted by Gasteiger charge is 2.37. The van der Waals surface area contributed by atoms with Crippen molar-refractivity contribution < 1.29 is 4.74 Å². The first-order valence-corrected chi connectivity index (χ1v) is 7.21. The molecule has 0 bridgehead atoms. The molecule has 0 radical (unpaired) electrons. The van der Waals surface area contributed by atoms with Gasteiger partial charge in [-0.05, 0) is 23.8 Å². The number of benzene rings is 1. The maximum atomic E-state index is 6.11. The van der Waals surface area contributed by atoms with E-state index in [2.05, 4.69) is 66.1 Å². The van der Waals surface area contributed by atoms with Crippen LogP contribution in [-0.4, -0.2) is 12.1 Å². The van der Waals surface area contributed by atoms with Crippen LogP contribution < -0.4 is 10.1 Å². The van der Waals surface area contributed by atoms with Gasteiger partial charge in [-0.1, -0.05) is 42.5 Å². The molecule has 0 amide bonds. The fraction of sp³-hybridized carbons (Fsp3) is 0.222. The van der Waals surface area contributed by atoms with E-state index in [1.165, 1.54) is 16.8 Å². The molecule has 98 valence electrons. The van der Waals surface area contributed by atoms with Gasteiger partial charge in [-0.2, -0.15) is 0 Å². The summed E-state index contributed by atoms with van der Waals surface area (Å²) in [5, 5.41) is 3.63. The molecule has 5 rings (SSSR count). The third kappa shape index (κ3) is 1.29. The molecule has 2 nitrogen and oxygen atoms in total. The summed E-state index contributed by atoms with van der Waals surface area (Å²) in [5.41, 5.74) is 3.94. The SMILES string of the molecule is C1=CC2Nc3cc4c(cc3C2C=C1)OC1C=CC=CC41. The molecular formula is C18H15NO. The van der Waals surface area contributed by atoms with Crippen molar-refractivity contribution in [3.8, 4) is 5.75 Å². The number of hydrogen-bond acceptors (Lipinski definition) is 2. The lowest BCUT2D eigenvalue weighted by Gasteiger charge is -2.16. The van der Waals surface area contributed by atoms with E-state index in [0.29, 0.717) is 17.9 Å². The molecule has 2 heterocycles. The minimum Gasteiger partial charge on any atom is -0.485 e. The monoisotopic (exact) mass is 261 g/mol. The predicted molar refractivity (Wildman–Crippen MR) is 80.3 cm³/mol. The number of ether oxygens (including phenoxy) is 1. The highest BCUT2D eigenvalue weighted by Crippen LogP contribution is 2.48. The number of fused-ring (bicyclic) bond motifs is 6. The zero-order chi connectivity index (χ0) is 13.1. The maximum Gasteiger partial charge on any atom is 0.128 e. The Bertz CT molecular complexity index is 649. The van der Waals surface area contributed by atoms with E-state index in [-0.39, 0.29) is 6.10 Å². The lowest BCUT2D eigenvalue weighted by Crippen LogP contribution is -2.18. The molecule has 0 saturated heterocycles. The molecule has 4 atom stereocenters. The molecule has 0 saturated carbocycles. The van der Waals surface area contributed by atoms with Gasteiger partial charge < -0.3 is 10.1 Å². The van der Waals surface area contributed by atoms with E-state index in [0.717, 1.165) is 5.75 Å². The highest BCUT2D eigenvalue weighted by molar-refractivity contribution is 5.68. The third-order valence-corrected chi connectivity index (χ3v) is 4.70. The molecule has 2 heteroatoms. The van der Waals surface area contributed by atoms with Crippen LogP contribution in [0, 0.1) is 0 Å². The van der Waals surface area contributed by atoms with E-state index in [1.54, 1.807) is 0 Å². The largest absolute Gasteiger partial charge is 0.485 e. The summed E-state index contributed by atoms with van der Waals surface area (Å²) in [7, 11) is 0. The lowest BCUT2D eigenvalue weighted by molar-refractivity contribution is 0.268. The second kappa shape index (κ2) is 3.66. The number of hydrogen-bond donors (Lipinski definition) is 1. The van der Waals surface area contributed by atoms with E-state index < -0.39 is 0 Å². The van der Waals surface area contributed by atoms with Gasteiger partial charge in [0.15, 0.2) is 0 Å². The van der Waals surface area contributed by atoms with Gasteiger partial charge in [-0.15, -0.1) is 0 Å². The molecular weight excluding hydrogens is 246 g/mol. The van der Waals surface area contributed by atoms with Gasteiger partial charge in [0.05, 0.1) is 6.04 Å². The Hall–Kier alpha value is -2.22. The maximum absolute atomic E-state index is 6.11. The summed E-state index contributed by atoms with van der Waals surface area (Å²) in [6, 6.07) is 4.93. The Morgan fingerprint density at radius 3 is 2.55 bits per heavy atom. The number of anilines is 1. The van der Waals surface area contributed by atoms with Crippen molar-refractivity contribution in [2.45, 2.75) is 24.0 Å². The zero-order valence-corrected chi connectivity index (χ0v) is 11.0. The second-order valence-electron chi connectivity index (χ2n) is 5.82. The normalized spacial score (nSPS) is 34.0. The van der Waals surface area contributed by atoms with Crippen LogP contribution >= 0.6 is 0 Å². The van der Waals surface area contributed by atoms with Crippen molar-refractivity contribution in [2.75, 3.05) is 5.32 Å². The Balaban J connectivity index is 1.63. The number of allylic oxidation sites excluding steroid dienone is 4. The van der Waals surface area contributed by atoms with Crippen LogP contribution in [0.1, 0.15) is 23.0 Å². The van der Waals surface area contributed by atoms with Crippen molar-refractivity contribution in [2.24, 2.45) is 0 Å². The summed E-state index contributed by atoms with van der Waals surface area (Å²) in [6.07, 6.45) is 17.5. The summed E-state index contributed by atoms with van der Waals surface area (Å²) in [5.74, 6) is 1.87. The molecule has 0 aromatic heterocycles. The minimum atomic E-state index is 0.176. The van der Waals surface area contributed by atoms with Gasteiger partial charge in [-0.3, -0.25) is 0 Å². The van der Waals surface area contributed by atoms with E-state index in [9.17, 15) is 0 Å². The first-order chi connectivity index (χ1) is 9.90. The standard InChI is InChI=1S/C18H15NO/c1-3-7-15-11(5-1)13-10-18-14(9-16(13)19-15)12-6-2-4-8-17(12)20-18/h1-12,15,17,19H. The highest BCUT2D eigenvalue weighted by atomic mass is 16.5. The van der Waals surface area contributed by atoms with Crippen molar-refractivity contribution in [1.29, 1.82) is 0 Å². The molecule has 2 aliphatic heterocycles. The fourth-order valence-corrected chi connectivity index (χ4v) is 3.72. The first-order valence-electron chi connectivity index (χ1n) is 7.21. The first kappa shape index (κ1) is 10.6. The lowest BCUT2D eigenvalue weighted by atomic mass is 9.88. The molecule has 1 N–H and O–H groups in total. The average molecular weight is 261 g/mol. The predicted octanol–water partition coefficient (Wildman–Crippen LogP) is 3.66. The van der Waals surface area contributed by atoms with E-state index in [1.807, 2.05) is 0 Å². The van der Waals surface area contributed by atoms with Gasteiger partial charge in [0.1, 0.15) is 11.9 Å². The van der Waals surface area contributed by atoms with Crippen LogP contribution in [0.25, 0.3) is 0 Å². The topological polar surface area (TPSA) is 21.3 Å². The Labute approximate surface area is 118 Å². The van der Waals surface area contributed by atoms with Crippen molar-refractivity contribution in [3.63, 3.8) is 0 Å². The van der Waals surface area contributed by atoms with Gasteiger partial charge in [0.2, 0.25) is 0 Å². The van der Waals surface area contributed by atoms with Crippen molar-refractivity contribution in [3.05, 3.63) is 71.9 Å². The molecule has 20 heavy (non-hydrogen) atoms. The molecule has 4 unspecified atom stereocenters. The minimum absolute atomic E-state index is 0.176. The number of rotatable bonds is 0. The molecule has 4 aliphatic rings. The van der Waals surface area contributed by atoms with Gasteiger partial charge in [-0.25, -0.2) is 0 Å². The van der Waals surface area contributed by atoms with E-state index >= 15 is 0 Å². The zero-order valence-electron chi connectivity index (χ0n) is 11.0. The second-order valence-corrected chi connectivity index (χ2v) is 5.82. The van der Waals surface area contributed by atoms with Crippen molar-refractivity contribution >= 4 is 5.69 Å². The quantitative estimate of drug-likeness (QED) is 0.769. The summed E-state index contributed by atoms with van der Waals surface area (Å²) < 4.78 is 6.11. The smallest absolute Gasteiger partial charge is 0.128 e. The van der Waals surface area contributed by atoms with Crippen LogP contribution in [0.2, 0.25) is 0 Å². The molecule has 1 aromatic carbocycles. The van der Waals surface area contributed by atoms with Crippen LogP contribution in [0.4, 0.5) is 5.69 Å². The van der Waals surface area contributed by atoms with Crippen LogP contribution in [0.5, 0.6) is 5.75 Å². The molecule has 0 spiro atoms. The van der Waals surface area contributed by atoms with Crippen LogP contribution in [0.15, 0.2) is 60.7 Å². The molecule has 2 aliphatic carbocycles. The van der Waals surface area contributed by atoms with Gasteiger partial charge in [0, 0.05) is 23.1 Å². The average Bonchev–Trinajstić information content (AvgIpc) is 3.02. The van der Waals surface area contributed by atoms with E-state index in [4.69, 9.17) is 4.74 Å². The van der Waals surface area contributed by atoms with Crippen LogP contribution in [0.3, 0.4) is 0 Å². The number of nitrogens with one attached hydrogen (secondary N) is 1. The molecule has 0 fully saturated rings. The van der Waals surface area contributed by atoms with Crippen LogP contribution in [-0.2, 0) is 0 Å². The fourth-order valence-electron chi connectivity index (χ4n) is 3.72.